The van der Waals surface area contributed by atoms with Crippen LogP contribution < -0.4 is 5.32 Å². The number of rotatable bonds is 6. The molecule has 0 spiro atoms. The Morgan fingerprint density at radius 2 is 2.26 bits per heavy atom. The summed E-state index contributed by atoms with van der Waals surface area (Å²) in [5.74, 6) is 0.949. The van der Waals surface area contributed by atoms with Gasteiger partial charge in [0.2, 0.25) is 0 Å². The predicted molar refractivity (Wildman–Crippen MR) is 77.1 cm³/mol. The maximum absolute atomic E-state index is 13.1. The topological polar surface area (TPSA) is 29.1 Å². The lowest BCUT2D eigenvalue weighted by Gasteiger charge is -2.20. The zero-order chi connectivity index (χ0) is 13.7. The summed E-state index contributed by atoms with van der Waals surface area (Å²) < 4.78 is 25.2. The van der Waals surface area contributed by atoms with E-state index in [-0.39, 0.29) is 5.82 Å². The largest absolute Gasteiger partial charge is 0.314 e. The molecule has 1 aliphatic carbocycles. The van der Waals surface area contributed by atoms with Crippen molar-refractivity contribution in [3.05, 3.63) is 30.1 Å². The predicted octanol–water partition coefficient (Wildman–Crippen LogP) is 3.10. The van der Waals surface area contributed by atoms with Gasteiger partial charge >= 0.3 is 0 Å². The minimum atomic E-state index is -1.08. The molecule has 0 aliphatic heterocycles. The molecular formula is C15H22FNOS. The molecule has 0 radical (unpaired) electrons. The Morgan fingerprint density at radius 3 is 3.00 bits per heavy atom. The molecule has 2 nitrogen and oxygen atoms in total. The van der Waals surface area contributed by atoms with E-state index in [9.17, 15) is 8.60 Å². The van der Waals surface area contributed by atoms with Gasteiger partial charge in [0.05, 0.1) is 10.8 Å². The lowest BCUT2D eigenvalue weighted by Crippen LogP contribution is -2.32. The van der Waals surface area contributed by atoms with E-state index in [0.717, 1.165) is 13.0 Å². The minimum absolute atomic E-state index is 0.308. The summed E-state index contributed by atoms with van der Waals surface area (Å²) in [5.41, 5.74) is 0. The van der Waals surface area contributed by atoms with Crippen molar-refractivity contribution in [2.45, 2.75) is 43.5 Å². The summed E-state index contributed by atoms with van der Waals surface area (Å²) in [4.78, 5) is 0.609. The van der Waals surface area contributed by atoms with Crippen molar-refractivity contribution < 1.29 is 8.60 Å². The second-order valence-electron chi connectivity index (χ2n) is 5.15. The molecule has 3 unspecified atom stereocenters. The van der Waals surface area contributed by atoms with E-state index in [1.807, 2.05) is 0 Å². The Labute approximate surface area is 117 Å². The summed E-state index contributed by atoms with van der Waals surface area (Å²) in [7, 11) is -1.08. The molecule has 106 valence electrons. The molecule has 1 N–H and O–H groups in total. The molecule has 1 aromatic carbocycles. The van der Waals surface area contributed by atoms with E-state index in [1.165, 1.54) is 31.4 Å². The van der Waals surface area contributed by atoms with Gasteiger partial charge in [-0.2, -0.15) is 0 Å². The average Bonchev–Trinajstić information content (AvgIpc) is 2.84. The minimum Gasteiger partial charge on any atom is -0.314 e. The van der Waals surface area contributed by atoms with Crippen molar-refractivity contribution in [2.75, 3.05) is 12.3 Å². The van der Waals surface area contributed by atoms with E-state index >= 15 is 0 Å². The molecule has 0 heterocycles. The zero-order valence-electron chi connectivity index (χ0n) is 11.4. The van der Waals surface area contributed by atoms with Crippen LogP contribution in [0.25, 0.3) is 0 Å². The van der Waals surface area contributed by atoms with E-state index in [1.54, 1.807) is 12.1 Å². The monoisotopic (exact) mass is 283 g/mol. The van der Waals surface area contributed by atoms with Crippen LogP contribution in [-0.4, -0.2) is 22.5 Å². The van der Waals surface area contributed by atoms with Gasteiger partial charge in [-0.1, -0.05) is 19.4 Å². The molecule has 0 aromatic heterocycles. The van der Waals surface area contributed by atoms with Crippen LogP contribution in [0.5, 0.6) is 0 Å². The first-order valence-corrected chi connectivity index (χ1v) is 8.40. The highest BCUT2D eigenvalue weighted by Crippen LogP contribution is 2.29. The van der Waals surface area contributed by atoms with Crippen LogP contribution in [-0.2, 0) is 10.8 Å². The first-order valence-electron chi connectivity index (χ1n) is 7.08. The third-order valence-corrected chi connectivity index (χ3v) is 5.24. The molecule has 2 rings (SSSR count). The normalized spacial score (nSPS) is 24.5. The first kappa shape index (κ1) is 14.7. The zero-order valence-corrected chi connectivity index (χ0v) is 12.2. The van der Waals surface area contributed by atoms with Crippen LogP contribution in [0.15, 0.2) is 29.2 Å². The maximum atomic E-state index is 13.1. The Kier molecular flexibility index (Phi) is 5.52. The molecular weight excluding hydrogens is 261 g/mol. The Bertz CT molecular complexity index is 438. The van der Waals surface area contributed by atoms with Gasteiger partial charge in [-0.3, -0.25) is 4.21 Å². The van der Waals surface area contributed by atoms with Crippen molar-refractivity contribution in [3.63, 3.8) is 0 Å². The highest BCUT2D eigenvalue weighted by Gasteiger charge is 2.26. The van der Waals surface area contributed by atoms with Gasteiger partial charge in [-0.25, -0.2) is 4.39 Å². The summed E-state index contributed by atoms with van der Waals surface area (Å²) in [5, 5.41) is 3.51. The third-order valence-electron chi connectivity index (χ3n) is 3.86. The fourth-order valence-electron chi connectivity index (χ4n) is 2.90. The van der Waals surface area contributed by atoms with E-state index in [4.69, 9.17) is 0 Å². The smallest absolute Gasteiger partial charge is 0.124 e. The van der Waals surface area contributed by atoms with Gasteiger partial charge in [-0.05, 0) is 49.9 Å². The molecule has 0 amide bonds. The molecule has 3 atom stereocenters. The summed E-state index contributed by atoms with van der Waals surface area (Å²) in [6, 6.07) is 6.72. The van der Waals surface area contributed by atoms with Crippen LogP contribution >= 0.6 is 0 Å². The lowest BCUT2D eigenvalue weighted by molar-refractivity contribution is 0.399. The fraction of sp³-hybridized carbons (Fsp3) is 0.600. The molecule has 0 saturated heterocycles. The molecule has 1 saturated carbocycles. The molecule has 1 aliphatic rings. The molecule has 1 fully saturated rings. The SMILES string of the molecule is CCNC1CCCC1CCS(=O)c1cccc(F)c1. The quantitative estimate of drug-likeness (QED) is 0.869. The van der Waals surface area contributed by atoms with Gasteiger partial charge in [0.15, 0.2) is 0 Å². The van der Waals surface area contributed by atoms with Crippen LogP contribution in [0.4, 0.5) is 4.39 Å². The molecule has 1 aromatic rings. The second kappa shape index (κ2) is 7.15. The number of hydrogen-bond acceptors (Lipinski definition) is 2. The second-order valence-corrected chi connectivity index (χ2v) is 6.72. The van der Waals surface area contributed by atoms with Crippen molar-refractivity contribution >= 4 is 10.8 Å². The number of nitrogens with one attached hydrogen (secondary N) is 1. The number of hydrogen-bond donors (Lipinski definition) is 1. The number of halogens is 1. The number of benzene rings is 1. The van der Waals surface area contributed by atoms with Crippen molar-refractivity contribution in [1.82, 2.24) is 5.32 Å². The van der Waals surface area contributed by atoms with Crippen molar-refractivity contribution in [2.24, 2.45) is 5.92 Å². The highest BCUT2D eigenvalue weighted by molar-refractivity contribution is 7.85. The van der Waals surface area contributed by atoms with Gasteiger partial charge in [0.25, 0.3) is 0 Å². The molecule has 4 heteroatoms. The van der Waals surface area contributed by atoms with E-state index in [0.29, 0.717) is 22.6 Å². The molecule has 19 heavy (non-hydrogen) atoms. The van der Waals surface area contributed by atoms with Crippen LogP contribution in [0.3, 0.4) is 0 Å². The third kappa shape index (κ3) is 4.11. The Hall–Kier alpha value is -0.740. The summed E-state index contributed by atoms with van der Waals surface area (Å²) in [6.45, 7) is 3.12. The summed E-state index contributed by atoms with van der Waals surface area (Å²) in [6.07, 6.45) is 4.67. The van der Waals surface area contributed by atoms with Gasteiger partial charge in [-0.15, -0.1) is 0 Å². The van der Waals surface area contributed by atoms with E-state index in [2.05, 4.69) is 12.2 Å². The highest BCUT2D eigenvalue weighted by atomic mass is 32.2. The lowest BCUT2D eigenvalue weighted by atomic mass is 10.0. The standard InChI is InChI=1S/C15H22FNOS/c1-2-17-15-8-3-5-12(15)9-10-19(18)14-7-4-6-13(16)11-14/h4,6-7,11-12,15,17H,2-3,5,8-10H2,1H3. The molecule has 0 bridgehead atoms. The van der Waals surface area contributed by atoms with Crippen molar-refractivity contribution in [3.8, 4) is 0 Å². The van der Waals surface area contributed by atoms with Crippen LogP contribution in [0.2, 0.25) is 0 Å². The van der Waals surface area contributed by atoms with E-state index < -0.39 is 10.8 Å². The first-order chi connectivity index (χ1) is 9.20. The fourth-order valence-corrected chi connectivity index (χ4v) is 4.13. The van der Waals surface area contributed by atoms with Crippen LogP contribution in [0.1, 0.15) is 32.6 Å². The van der Waals surface area contributed by atoms with Gasteiger partial charge in [0, 0.05) is 16.7 Å². The van der Waals surface area contributed by atoms with Gasteiger partial charge < -0.3 is 5.32 Å². The van der Waals surface area contributed by atoms with Crippen molar-refractivity contribution in [1.29, 1.82) is 0 Å². The maximum Gasteiger partial charge on any atom is 0.124 e. The Morgan fingerprint density at radius 1 is 1.42 bits per heavy atom. The van der Waals surface area contributed by atoms with Crippen LogP contribution in [0, 0.1) is 11.7 Å². The average molecular weight is 283 g/mol. The van der Waals surface area contributed by atoms with Gasteiger partial charge in [0.1, 0.15) is 5.82 Å². The Balaban J connectivity index is 1.86. The summed E-state index contributed by atoms with van der Waals surface area (Å²) >= 11 is 0.